The van der Waals surface area contributed by atoms with E-state index in [-0.39, 0.29) is 28.7 Å². The van der Waals surface area contributed by atoms with Crippen molar-refractivity contribution >= 4 is 40.6 Å². The molecule has 0 spiro atoms. The number of ether oxygens (including phenoxy) is 1. The number of methoxy groups -OCH3 is 1. The van der Waals surface area contributed by atoms with Gasteiger partial charge in [-0.3, -0.25) is 14.5 Å². The van der Waals surface area contributed by atoms with Crippen LogP contribution in [0.4, 0.5) is 26.0 Å². The van der Waals surface area contributed by atoms with Crippen LogP contribution in [0, 0.1) is 11.6 Å². The smallest absolute Gasteiger partial charge is 0.229 e. The second kappa shape index (κ2) is 9.53. The Bertz CT molecular complexity index is 1140. The number of aromatic nitrogens is 1. The van der Waals surface area contributed by atoms with E-state index in [9.17, 15) is 18.4 Å². The maximum absolute atomic E-state index is 14.1. The van der Waals surface area contributed by atoms with E-state index in [1.165, 1.54) is 55.5 Å². The lowest BCUT2D eigenvalue weighted by molar-refractivity contribution is -0.116. The standard InChI is InChI=1S/C22H18ClF2N3O3/c1-13(29)28(17-5-6-20(31-2)19(25)12-17)21-11-16(7-8-26-21)27-22(30)9-14-3-4-15(24)10-18(14)23/h3-8,10-12H,9H2,1-2H3,(H,26,27,30). The van der Waals surface area contributed by atoms with Crippen molar-refractivity contribution in [3.05, 3.63) is 76.9 Å². The molecule has 0 aliphatic rings. The zero-order valence-corrected chi connectivity index (χ0v) is 17.4. The summed E-state index contributed by atoms with van der Waals surface area (Å²) >= 11 is 5.97. The number of halogens is 3. The largest absolute Gasteiger partial charge is 0.494 e. The van der Waals surface area contributed by atoms with Crippen molar-refractivity contribution < 1.29 is 23.1 Å². The van der Waals surface area contributed by atoms with Crippen LogP contribution in [0.3, 0.4) is 0 Å². The Morgan fingerprint density at radius 2 is 1.90 bits per heavy atom. The van der Waals surface area contributed by atoms with Gasteiger partial charge >= 0.3 is 0 Å². The van der Waals surface area contributed by atoms with Gasteiger partial charge in [-0.15, -0.1) is 0 Å². The average molecular weight is 446 g/mol. The molecule has 0 saturated carbocycles. The van der Waals surface area contributed by atoms with Crippen molar-refractivity contribution in [2.75, 3.05) is 17.3 Å². The first kappa shape index (κ1) is 22.2. The average Bonchev–Trinajstić information content (AvgIpc) is 2.70. The Morgan fingerprint density at radius 3 is 2.55 bits per heavy atom. The first-order valence-corrected chi connectivity index (χ1v) is 9.50. The topological polar surface area (TPSA) is 71.5 Å². The molecule has 1 N–H and O–H groups in total. The second-order valence-corrected chi connectivity index (χ2v) is 6.94. The van der Waals surface area contributed by atoms with Crippen molar-refractivity contribution in [3.63, 3.8) is 0 Å². The van der Waals surface area contributed by atoms with Gasteiger partial charge in [0.1, 0.15) is 11.6 Å². The minimum Gasteiger partial charge on any atom is -0.494 e. The highest BCUT2D eigenvalue weighted by Crippen LogP contribution is 2.29. The molecule has 0 unspecified atom stereocenters. The fourth-order valence-corrected chi connectivity index (χ4v) is 3.17. The van der Waals surface area contributed by atoms with E-state index in [2.05, 4.69) is 10.3 Å². The summed E-state index contributed by atoms with van der Waals surface area (Å²) in [7, 11) is 1.34. The number of carbonyl (C=O) groups excluding carboxylic acids is 2. The summed E-state index contributed by atoms with van der Waals surface area (Å²) < 4.78 is 32.2. The van der Waals surface area contributed by atoms with E-state index >= 15 is 0 Å². The molecule has 0 bridgehead atoms. The van der Waals surface area contributed by atoms with Gasteiger partial charge in [0.05, 0.1) is 19.2 Å². The Morgan fingerprint density at radius 1 is 1.13 bits per heavy atom. The first-order valence-electron chi connectivity index (χ1n) is 9.12. The van der Waals surface area contributed by atoms with Gasteiger partial charge in [-0.25, -0.2) is 13.8 Å². The third-order valence-electron chi connectivity index (χ3n) is 4.33. The van der Waals surface area contributed by atoms with Gasteiger partial charge in [0.15, 0.2) is 11.6 Å². The summed E-state index contributed by atoms with van der Waals surface area (Å²) in [5, 5.41) is 2.83. The van der Waals surface area contributed by atoms with Crippen molar-refractivity contribution in [2.24, 2.45) is 0 Å². The minimum atomic E-state index is -0.633. The number of nitrogens with zero attached hydrogens (tertiary/aromatic N) is 2. The van der Waals surface area contributed by atoms with E-state index in [1.54, 1.807) is 6.07 Å². The van der Waals surface area contributed by atoms with Crippen LogP contribution in [0.5, 0.6) is 5.75 Å². The number of hydrogen-bond donors (Lipinski definition) is 1. The Kier molecular flexibility index (Phi) is 6.81. The molecule has 3 aromatic rings. The molecule has 1 heterocycles. The highest BCUT2D eigenvalue weighted by Gasteiger charge is 2.18. The van der Waals surface area contributed by atoms with Crippen LogP contribution >= 0.6 is 11.6 Å². The van der Waals surface area contributed by atoms with Crippen LogP contribution in [0.2, 0.25) is 5.02 Å². The first-order chi connectivity index (χ1) is 14.8. The molecule has 9 heteroatoms. The van der Waals surface area contributed by atoms with Crippen LogP contribution in [0.25, 0.3) is 0 Å². The van der Waals surface area contributed by atoms with Gasteiger partial charge in [0.2, 0.25) is 11.8 Å². The highest BCUT2D eigenvalue weighted by atomic mass is 35.5. The predicted octanol–water partition coefficient (Wildman–Crippen LogP) is 4.89. The minimum absolute atomic E-state index is 0.0423. The quantitative estimate of drug-likeness (QED) is 0.586. The summed E-state index contributed by atoms with van der Waals surface area (Å²) in [6.07, 6.45) is 1.34. The summed E-state index contributed by atoms with van der Waals surface area (Å²) in [4.78, 5) is 30.0. The molecule has 3 rings (SSSR count). The number of rotatable bonds is 6. The summed E-state index contributed by atoms with van der Waals surface area (Å²) in [5.41, 5.74) is 1.09. The zero-order chi connectivity index (χ0) is 22.5. The molecule has 0 atom stereocenters. The molecular formula is C22H18ClF2N3O3. The van der Waals surface area contributed by atoms with E-state index in [1.807, 2.05) is 0 Å². The predicted molar refractivity (Wildman–Crippen MR) is 114 cm³/mol. The Balaban J connectivity index is 1.82. The highest BCUT2D eigenvalue weighted by molar-refractivity contribution is 6.31. The summed E-state index contributed by atoms with van der Waals surface area (Å²) in [6.45, 7) is 1.31. The Hall–Kier alpha value is -3.52. The maximum atomic E-state index is 14.1. The van der Waals surface area contributed by atoms with Gasteiger partial charge in [-0.1, -0.05) is 17.7 Å². The third-order valence-corrected chi connectivity index (χ3v) is 4.68. The molecule has 0 radical (unpaired) electrons. The molecule has 0 aliphatic heterocycles. The van der Waals surface area contributed by atoms with Crippen molar-refractivity contribution in [2.45, 2.75) is 13.3 Å². The van der Waals surface area contributed by atoms with Crippen LogP contribution in [0.1, 0.15) is 12.5 Å². The van der Waals surface area contributed by atoms with Crippen LogP contribution in [-0.4, -0.2) is 23.9 Å². The molecule has 6 nitrogen and oxygen atoms in total. The summed E-state index contributed by atoms with van der Waals surface area (Å²) in [5.74, 6) is -1.69. The van der Waals surface area contributed by atoms with E-state index < -0.39 is 23.4 Å². The van der Waals surface area contributed by atoms with E-state index in [0.29, 0.717) is 11.3 Å². The lowest BCUT2D eigenvalue weighted by atomic mass is 10.1. The van der Waals surface area contributed by atoms with Gasteiger partial charge < -0.3 is 10.1 Å². The Labute approximate surface area is 182 Å². The normalized spacial score (nSPS) is 10.5. The van der Waals surface area contributed by atoms with Crippen LogP contribution in [-0.2, 0) is 16.0 Å². The zero-order valence-electron chi connectivity index (χ0n) is 16.7. The fourth-order valence-electron chi connectivity index (χ4n) is 2.93. The summed E-state index contributed by atoms with van der Waals surface area (Å²) in [6, 6.07) is 10.9. The molecule has 0 fully saturated rings. The number of benzene rings is 2. The van der Waals surface area contributed by atoms with Gasteiger partial charge in [0, 0.05) is 36.0 Å². The molecular weight excluding hydrogens is 428 g/mol. The lowest BCUT2D eigenvalue weighted by Crippen LogP contribution is -2.24. The number of nitrogens with one attached hydrogen (secondary N) is 1. The molecule has 2 amide bonds. The number of amides is 2. The van der Waals surface area contributed by atoms with Gasteiger partial charge in [-0.05, 0) is 35.9 Å². The van der Waals surface area contributed by atoms with Gasteiger partial charge in [0.25, 0.3) is 0 Å². The SMILES string of the molecule is COc1ccc(N(C(C)=O)c2cc(NC(=O)Cc3ccc(F)cc3Cl)ccn2)cc1F. The van der Waals surface area contributed by atoms with E-state index in [0.717, 1.165) is 12.1 Å². The van der Waals surface area contributed by atoms with Crippen molar-refractivity contribution in [1.82, 2.24) is 4.98 Å². The lowest BCUT2D eigenvalue weighted by Gasteiger charge is -2.21. The number of anilines is 3. The van der Waals surface area contributed by atoms with Crippen molar-refractivity contribution in [3.8, 4) is 5.75 Å². The second-order valence-electron chi connectivity index (χ2n) is 6.54. The molecule has 1 aromatic heterocycles. The molecule has 0 aliphatic carbocycles. The number of hydrogen-bond acceptors (Lipinski definition) is 4. The fraction of sp³-hybridized carbons (Fsp3) is 0.136. The van der Waals surface area contributed by atoms with Crippen molar-refractivity contribution in [1.29, 1.82) is 0 Å². The molecule has 2 aromatic carbocycles. The third kappa shape index (κ3) is 5.35. The number of pyridine rings is 1. The molecule has 0 saturated heterocycles. The van der Waals surface area contributed by atoms with Crippen LogP contribution in [0.15, 0.2) is 54.7 Å². The number of carbonyl (C=O) groups is 2. The monoisotopic (exact) mass is 445 g/mol. The van der Waals surface area contributed by atoms with Crippen LogP contribution < -0.4 is 15.0 Å². The maximum Gasteiger partial charge on any atom is 0.229 e. The molecule has 160 valence electrons. The van der Waals surface area contributed by atoms with Gasteiger partial charge in [-0.2, -0.15) is 0 Å². The van der Waals surface area contributed by atoms with E-state index in [4.69, 9.17) is 16.3 Å². The molecule has 31 heavy (non-hydrogen) atoms.